The van der Waals surface area contributed by atoms with Crippen LogP contribution in [0, 0.1) is 0 Å². The number of para-hydroxylation sites is 1. The number of rotatable bonds is 5. The fraction of sp³-hybridized carbons (Fsp3) is 0.222. The Hall–Kier alpha value is -1.03. The summed E-state index contributed by atoms with van der Waals surface area (Å²) in [4.78, 5) is 10.8. The average Bonchev–Trinajstić information content (AvgIpc) is 2.27. The van der Waals surface area contributed by atoms with E-state index >= 15 is 0 Å². The number of methoxy groups -OCH3 is 1. The molecule has 0 fully saturated rings. The van der Waals surface area contributed by atoms with Crippen LogP contribution in [-0.2, 0) is 14.1 Å². The third-order valence-electron chi connectivity index (χ3n) is 1.61. The van der Waals surface area contributed by atoms with Gasteiger partial charge < -0.3 is 9.26 Å². The number of hydrogen-bond donors (Lipinski definition) is 1. The first-order valence-corrected chi connectivity index (χ1v) is 6.93. The second-order valence-corrected chi connectivity index (χ2v) is 5.59. The average molecular weight is 264 g/mol. The van der Waals surface area contributed by atoms with Crippen LogP contribution in [0.1, 0.15) is 0 Å². The molecule has 0 spiro atoms. The summed E-state index contributed by atoms with van der Waals surface area (Å²) >= 11 is 5.59. The summed E-state index contributed by atoms with van der Waals surface area (Å²) in [6.45, 7) is -3.83. The lowest BCUT2D eigenvalue weighted by Crippen LogP contribution is -2.21. The largest absolute Gasteiger partial charge is 0.468 e. The molecule has 7 heteroatoms. The highest BCUT2D eigenvalue weighted by molar-refractivity contribution is 7.84. The highest BCUT2D eigenvalue weighted by Gasteiger charge is 2.21. The predicted molar refractivity (Wildman–Crippen MR) is 60.5 cm³/mol. The molecule has 0 aromatic heterocycles. The minimum atomic E-state index is -3.56. The van der Waals surface area contributed by atoms with Crippen molar-refractivity contribution >= 4 is 24.1 Å². The molecule has 1 aromatic carbocycles. The molecule has 0 saturated carbocycles. The Balaban J connectivity index is 2.52. The van der Waals surface area contributed by atoms with Crippen LogP contribution in [0.4, 0.5) is 0 Å². The molecule has 0 unspecified atom stereocenters. The number of nitrogens with one attached hydrogen (secondary N) is 1. The standard InChI is InChI=1S/C9H11ClNO4P/c1-14-9(12)7-11-16(10,13)15-8-5-3-2-4-6-8/h2-6H,7H2,1H3,(H,11,13)/t16-/m0/s1. The minimum Gasteiger partial charge on any atom is -0.468 e. The fourth-order valence-electron chi connectivity index (χ4n) is 0.880. The Morgan fingerprint density at radius 2 is 2.06 bits per heavy atom. The molecule has 1 rings (SSSR count). The lowest BCUT2D eigenvalue weighted by atomic mass is 10.3. The van der Waals surface area contributed by atoms with Crippen molar-refractivity contribution in [2.24, 2.45) is 0 Å². The molecule has 1 N–H and O–H groups in total. The summed E-state index contributed by atoms with van der Waals surface area (Å²) in [5.74, 6) is -0.212. The van der Waals surface area contributed by atoms with E-state index in [9.17, 15) is 9.36 Å². The van der Waals surface area contributed by atoms with Crippen molar-refractivity contribution in [2.45, 2.75) is 0 Å². The van der Waals surface area contributed by atoms with E-state index in [0.717, 1.165) is 0 Å². The van der Waals surface area contributed by atoms with Crippen LogP contribution >= 0.6 is 18.1 Å². The van der Waals surface area contributed by atoms with E-state index in [1.54, 1.807) is 30.3 Å². The SMILES string of the molecule is COC(=O)CN[P@](=O)(Cl)Oc1ccccc1. The molecule has 88 valence electrons. The molecular weight excluding hydrogens is 253 g/mol. The molecule has 0 saturated heterocycles. The zero-order chi connectivity index (χ0) is 12.0. The van der Waals surface area contributed by atoms with Gasteiger partial charge in [0.1, 0.15) is 12.3 Å². The minimum absolute atomic E-state index is 0.274. The summed E-state index contributed by atoms with van der Waals surface area (Å²) < 4.78 is 21.0. The number of halogens is 1. The molecule has 0 radical (unpaired) electrons. The van der Waals surface area contributed by atoms with Crippen molar-refractivity contribution in [3.63, 3.8) is 0 Å². The highest BCUT2D eigenvalue weighted by atomic mass is 35.7. The first-order chi connectivity index (χ1) is 7.53. The fourth-order valence-corrected chi connectivity index (χ4v) is 2.07. The normalized spacial score (nSPS) is 13.9. The van der Waals surface area contributed by atoms with Gasteiger partial charge in [-0.15, -0.1) is 0 Å². The Kier molecular flexibility index (Phi) is 4.80. The van der Waals surface area contributed by atoms with E-state index in [1.807, 2.05) is 0 Å². The Morgan fingerprint density at radius 1 is 1.44 bits per heavy atom. The zero-order valence-corrected chi connectivity index (χ0v) is 10.2. The van der Waals surface area contributed by atoms with Gasteiger partial charge >= 0.3 is 12.8 Å². The molecule has 0 aliphatic rings. The van der Waals surface area contributed by atoms with E-state index in [4.69, 9.17) is 15.8 Å². The summed E-state index contributed by atoms with van der Waals surface area (Å²) in [6.07, 6.45) is 0. The lowest BCUT2D eigenvalue weighted by molar-refractivity contribution is -0.139. The molecule has 0 heterocycles. The number of carbonyl (C=O) groups excluding carboxylic acids is 1. The number of hydrogen-bond acceptors (Lipinski definition) is 4. The summed E-state index contributed by atoms with van der Waals surface area (Å²) in [6, 6.07) is 8.43. The lowest BCUT2D eigenvalue weighted by Gasteiger charge is -2.12. The van der Waals surface area contributed by atoms with Crippen molar-refractivity contribution in [3.8, 4) is 5.75 Å². The van der Waals surface area contributed by atoms with Crippen molar-refractivity contribution in [2.75, 3.05) is 13.7 Å². The van der Waals surface area contributed by atoms with E-state index < -0.39 is 12.8 Å². The topological polar surface area (TPSA) is 64.6 Å². The third kappa shape index (κ3) is 4.66. The van der Waals surface area contributed by atoms with Gasteiger partial charge in [-0.1, -0.05) is 18.2 Å². The third-order valence-corrected chi connectivity index (χ3v) is 3.15. The van der Waals surface area contributed by atoms with E-state index in [-0.39, 0.29) is 6.54 Å². The smallest absolute Gasteiger partial charge is 0.409 e. The van der Waals surface area contributed by atoms with Gasteiger partial charge in [0.15, 0.2) is 0 Å². The summed E-state index contributed by atoms with van der Waals surface area (Å²) in [5.41, 5.74) is 0. The zero-order valence-electron chi connectivity index (χ0n) is 8.55. The second kappa shape index (κ2) is 5.89. The Morgan fingerprint density at radius 3 is 2.62 bits per heavy atom. The summed E-state index contributed by atoms with van der Waals surface area (Å²) in [5, 5.41) is 2.28. The van der Waals surface area contributed by atoms with E-state index in [0.29, 0.717) is 5.75 Å². The highest BCUT2D eigenvalue weighted by Crippen LogP contribution is 2.47. The van der Waals surface area contributed by atoms with Gasteiger partial charge in [-0.25, -0.2) is 9.65 Å². The quantitative estimate of drug-likeness (QED) is 0.651. The monoisotopic (exact) mass is 263 g/mol. The number of ether oxygens (including phenoxy) is 1. The summed E-state index contributed by atoms with van der Waals surface area (Å²) in [7, 11) is 1.22. The first-order valence-electron chi connectivity index (χ1n) is 4.40. The van der Waals surface area contributed by atoms with Gasteiger partial charge in [0.2, 0.25) is 0 Å². The molecule has 1 aromatic rings. The van der Waals surface area contributed by atoms with Crippen LogP contribution in [0.2, 0.25) is 0 Å². The van der Waals surface area contributed by atoms with Crippen molar-refractivity contribution < 1.29 is 18.6 Å². The second-order valence-electron chi connectivity index (χ2n) is 2.80. The molecule has 5 nitrogen and oxygen atoms in total. The van der Waals surface area contributed by atoms with Crippen LogP contribution in [0.5, 0.6) is 5.75 Å². The maximum absolute atomic E-state index is 11.6. The molecule has 0 aliphatic heterocycles. The van der Waals surface area contributed by atoms with E-state index in [2.05, 4.69) is 9.82 Å². The van der Waals surface area contributed by atoms with Gasteiger partial charge in [0.05, 0.1) is 7.11 Å². The Labute approximate surface area is 98.0 Å². The van der Waals surface area contributed by atoms with E-state index in [1.165, 1.54) is 7.11 Å². The van der Waals surface area contributed by atoms with Crippen molar-refractivity contribution in [1.82, 2.24) is 5.09 Å². The molecule has 0 bridgehead atoms. The molecular formula is C9H11ClNO4P. The first kappa shape index (κ1) is 13.0. The van der Waals surface area contributed by atoms with Gasteiger partial charge in [0.25, 0.3) is 0 Å². The number of benzene rings is 1. The molecule has 0 amide bonds. The Bertz CT molecular complexity index is 398. The van der Waals surface area contributed by atoms with Crippen LogP contribution in [0.25, 0.3) is 0 Å². The van der Waals surface area contributed by atoms with Crippen LogP contribution < -0.4 is 9.61 Å². The van der Waals surface area contributed by atoms with Crippen molar-refractivity contribution in [3.05, 3.63) is 30.3 Å². The molecule has 0 aliphatic carbocycles. The van der Waals surface area contributed by atoms with Gasteiger partial charge in [0, 0.05) is 11.2 Å². The van der Waals surface area contributed by atoms with Gasteiger partial charge in [-0.05, 0) is 12.1 Å². The maximum atomic E-state index is 11.6. The van der Waals surface area contributed by atoms with Crippen LogP contribution in [-0.4, -0.2) is 19.6 Å². The van der Waals surface area contributed by atoms with Crippen LogP contribution in [0.15, 0.2) is 30.3 Å². The van der Waals surface area contributed by atoms with Gasteiger partial charge in [-0.2, -0.15) is 0 Å². The van der Waals surface area contributed by atoms with Gasteiger partial charge in [-0.3, -0.25) is 4.79 Å². The molecule has 1 atom stereocenters. The maximum Gasteiger partial charge on any atom is 0.409 e. The number of esters is 1. The van der Waals surface area contributed by atoms with Crippen LogP contribution in [0.3, 0.4) is 0 Å². The molecule has 16 heavy (non-hydrogen) atoms. The predicted octanol–water partition coefficient (Wildman–Crippen LogP) is 2.17. The number of carbonyl (C=O) groups is 1. The van der Waals surface area contributed by atoms with Crippen molar-refractivity contribution in [1.29, 1.82) is 0 Å².